The van der Waals surface area contributed by atoms with Crippen molar-refractivity contribution in [2.45, 2.75) is 128 Å². The fourth-order valence-electron chi connectivity index (χ4n) is 9.27. The van der Waals surface area contributed by atoms with Crippen LogP contribution >= 0.6 is 0 Å². The predicted octanol–water partition coefficient (Wildman–Crippen LogP) is 0.304. The summed E-state index contributed by atoms with van der Waals surface area (Å²) < 4.78 is 18.5. The quantitative estimate of drug-likeness (QED) is 0.00688. The molecule has 0 saturated carbocycles. The van der Waals surface area contributed by atoms with E-state index in [9.17, 15) is 72.7 Å². The number of aromatic nitrogens is 1. The summed E-state index contributed by atoms with van der Waals surface area (Å²) in [5.74, 6) is -6.96. The summed E-state index contributed by atoms with van der Waals surface area (Å²) in [6, 6.07) is 18.0. The molecule has 2 heterocycles. The second-order valence-electron chi connectivity index (χ2n) is 22.7. The van der Waals surface area contributed by atoms with E-state index in [2.05, 4.69) is 63.5 Å². The Kier molecular flexibility index (Phi) is 39.8. The number of rotatable bonds is 51. The normalized spacial score (nSPS) is 12.2. The Morgan fingerprint density at radius 2 is 1.16 bits per heavy atom. The first kappa shape index (κ1) is 81.5. The number of benzene rings is 2. The summed E-state index contributed by atoms with van der Waals surface area (Å²) in [4.78, 5) is 165. The van der Waals surface area contributed by atoms with Crippen molar-refractivity contribution < 1.29 is 91.3 Å². The SMILES string of the molecule is N#CNC(=NCCCCCCOc1ccccc1)Nc1cc[n+](Cc2ccc(NC(=O)CNC(=O)CNC(=O)[C@@H](CCCCNC(=O)CCOCCNC(=O)COCCCNC(=O)CC[C@H](NC(=O)CCCC(=O)O)C(=O)O)NC(=O)CCNC(=O)CCCN3C(=O)C=CC3=O)cc2)cc1. The first-order valence-corrected chi connectivity index (χ1v) is 33.1. The molecule has 0 unspecified atom stereocenters. The highest BCUT2D eigenvalue weighted by Gasteiger charge is 2.25. The Morgan fingerprint density at radius 1 is 0.520 bits per heavy atom. The van der Waals surface area contributed by atoms with Crippen LogP contribution in [0.2, 0.25) is 0 Å². The van der Waals surface area contributed by atoms with Crippen molar-refractivity contribution >= 4 is 94.3 Å². The number of nitrogens with zero attached hydrogens (tertiary/aromatic N) is 4. The lowest BCUT2D eigenvalue weighted by molar-refractivity contribution is -0.688. The average molecular weight is 1400 g/mol. The van der Waals surface area contributed by atoms with Crippen molar-refractivity contribution in [3.05, 3.63) is 96.8 Å². The molecule has 2 atom stereocenters. The number of para-hydroxylation sites is 1. The zero-order valence-electron chi connectivity index (χ0n) is 56.0. The van der Waals surface area contributed by atoms with Gasteiger partial charge in [-0.25, -0.2) is 9.36 Å². The van der Waals surface area contributed by atoms with Crippen LogP contribution in [0.4, 0.5) is 11.4 Å². The van der Waals surface area contributed by atoms with Gasteiger partial charge in [-0.2, -0.15) is 5.26 Å². The minimum atomic E-state index is -1.33. The number of aliphatic carboxylic acids is 2. The minimum absolute atomic E-state index is 0.00147. The molecule has 0 bridgehead atoms. The fraction of sp³-hybridized carbons (Fsp3) is 0.493. The Hall–Kier alpha value is -10.9. The van der Waals surface area contributed by atoms with Gasteiger partial charge in [0.15, 0.2) is 25.1 Å². The van der Waals surface area contributed by atoms with Gasteiger partial charge in [-0.3, -0.25) is 72.7 Å². The average Bonchev–Trinajstić information content (AvgIpc) is 1.40. The van der Waals surface area contributed by atoms with Gasteiger partial charge in [0.25, 0.3) is 11.8 Å². The maximum Gasteiger partial charge on any atom is 0.326 e. The Bertz CT molecular complexity index is 3240. The van der Waals surface area contributed by atoms with Crippen LogP contribution in [0.3, 0.4) is 0 Å². The molecular formula is C67H92N15O18+. The molecule has 0 aliphatic carbocycles. The number of nitrogens with one attached hydrogen (secondary N) is 11. The van der Waals surface area contributed by atoms with E-state index >= 15 is 0 Å². The Balaban J connectivity index is 1.10. The zero-order chi connectivity index (χ0) is 72.5. The van der Waals surface area contributed by atoms with E-state index in [0.29, 0.717) is 50.6 Å². The molecule has 33 heteroatoms. The topological polar surface area (TPSA) is 466 Å². The molecule has 4 rings (SSSR count). The lowest BCUT2D eigenvalue weighted by Crippen LogP contribution is -2.49. The number of carbonyl (C=O) groups excluding carboxylic acids is 11. The maximum absolute atomic E-state index is 13.4. The molecule has 0 radical (unpaired) electrons. The number of ether oxygens (including phenoxy) is 3. The van der Waals surface area contributed by atoms with Crippen molar-refractivity contribution in [2.24, 2.45) is 4.99 Å². The molecule has 0 fully saturated rings. The lowest BCUT2D eigenvalue weighted by Gasteiger charge is -2.19. The number of hydrogen-bond acceptors (Lipinski definition) is 18. The molecule has 1 aromatic heterocycles. The van der Waals surface area contributed by atoms with Gasteiger partial charge in [0.1, 0.15) is 24.4 Å². The number of unbranched alkanes of at least 4 members (excludes halogenated alkanes) is 4. The molecule has 3 aromatic rings. The van der Waals surface area contributed by atoms with Gasteiger partial charge in [0.05, 0.1) is 38.6 Å². The number of carboxylic acid groups (broad SMARTS) is 2. The molecule has 1 aliphatic rings. The van der Waals surface area contributed by atoms with E-state index in [4.69, 9.17) is 19.3 Å². The van der Waals surface area contributed by atoms with Gasteiger partial charge in [-0.15, -0.1) is 0 Å². The van der Waals surface area contributed by atoms with E-state index < -0.39 is 96.2 Å². The standard InChI is InChI=1S/C67H91N15O18/c68-47-76-67(73-32-7-1-2-9-40-100-51-13-4-3-5-14-51)78-50-28-37-81(38-29-50)45-48-19-21-49(22-20-48)77-60(89)44-74-59(88)43-75-65(95)52(79-58(87)27-34-71-54(83)17-11-36-82-62(91)25-26-63(82)92)15-6-8-31-69-56(85)30-41-98-42-35-72-61(90)46-99-39-12-33-70-55(84)24-23-53(66(96)97)80-57(86)16-10-18-64(93)94/h3-5,13-14,19-22,25-26,28-29,37-38,52-53H,1-2,6-12,15-18,23-24,27,30-36,39-46H2,(H12,69,70,71,72,73,74,75,76,77,79,80,83,84,85,86,87,88,89,90,93,94,95,96,97)/p+1/t52-,53+/m1/s1. The Labute approximate surface area is 579 Å². The number of carbonyl (C=O) groups is 13. The molecule has 542 valence electrons. The Morgan fingerprint density at radius 3 is 1.88 bits per heavy atom. The van der Waals surface area contributed by atoms with Crippen LogP contribution in [0.5, 0.6) is 5.75 Å². The largest absolute Gasteiger partial charge is 0.494 e. The van der Waals surface area contributed by atoms with Crippen molar-refractivity contribution in [2.75, 3.05) is 96.0 Å². The number of guanidine groups is 1. The predicted molar refractivity (Wildman–Crippen MR) is 361 cm³/mol. The van der Waals surface area contributed by atoms with Crippen molar-refractivity contribution in [1.82, 2.24) is 52.8 Å². The third kappa shape index (κ3) is 37.6. The molecule has 13 N–H and O–H groups in total. The monoisotopic (exact) mass is 1390 g/mol. The second-order valence-corrected chi connectivity index (χ2v) is 22.7. The zero-order valence-corrected chi connectivity index (χ0v) is 56.0. The van der Waals surface area contributed by atoms with Crippen molar-refractivity contribution in [3.63, 3.8) is 0 Å². The highest BCUT2D eigenvalue weighted by atomic mass is 16.5. The number of amides is 11. The number of anilines is 2. The third-order valence-electron chi connectivity index (χ3n) is 14.5. The number of imide groups is 1. The molecule has 0 spiro atoms. The first-order chi connectivity index (χ1) is 48.3. The van der Waals surface area contributed by atoms with E-state index in [1.807, 2.05) is 77.8 Å². The number of hydrogen-bond donors (Lipinski definition) is 13. The molecule has 2 aromatic carbocycles. The summed E-state index contributed by atoms with van der Waals surface area (Å²) >= 11 is 0. The van der Waals surface area contributed by atoms with E-state index in [-0.39, 0.29) is 129 Å². The van der Waals surface area contributed by atoms with Crippen molar-refractivity contribution in [3.8, 4) is 11.9 Å². The maximum atomic E-state index is 13.4. The number of carboxylic acids is 2. The van der Waals surface area contributed by atoms with Gasteiger partial charge in [0.2, 0.25) is 59.1 Å². The van der Waals surface area contributed by atoms with Crippen LogP contribution in [0.25, 0.3) is 0 Å². The van der Waals surface area contributed by atoms with Crippen LogP contribution in [0, 0.1) is 11.5 Å². The molecule has 33 nitrogen and oxygen atoms in total. The van der Waals surface area contributed by atoms with E-state index in [1.54, 1.807) is 12.1 Å². The van der Waals surface area contributed by atoms with E-state index in [0.717, 1.165) is 59.7 Å². The molecular weight excluding hydrogens is 1300 g/mol. The highest BCUT2D eigenvalue weighted by molar-refractivity contribution is 6.13. The van der Waals surface area contributed by atoms with Gasteiger partial charge < -0.3 is 77.6 Å². The van der Waals surface area contributed by atoms with Gasteiger partial charge in [0, 0.05) is 120 Å². The number of aliphatic imine (C=N–C) groups is 1. The first-order valence-electron chi connectivity index (χ1n) is 33.1. The van der Waals surface area contributed by atoms with Gasteiger partial charge >= 0.3 is 11.9 Å². The lowest BCUT2D eigenvalue weighted by atomic mass is 10.1. The molecule has 0 saturated heterocycles. The van der Waals surface area contributed by atoms with Crippen LogP contribution < -0.4 is 67.8 Å². The van der Waals surface area contributed by atoms with Crippen LogP contribution in [-0.2, 0) is 78.3 Å². The van der Waals surface area contributed by atoms with Gasteiger partial charge in [-0.05, 0) is 88.5 Å². The second kappa shape index (κ2) is 48.8. The molecule has 100 heavy (non-hydrogen) atoms. The van der Waals surface area contributed by atoms with Crippen LogP contribution in [0.15, 0.2) is 96.3 Å². The smallest absolute Gasteiger partial charge is 0.326 e. The van der Waals surface area contributed by atoms with Crippen LogP contribution in [-0.4, -0.2) is 195 Å². The fourth-order valence-corrected chi connectivity index (χ4v) is 9.27. The van der Waals surface area contributed by atoms with Gasteiger partial charge in [-0.1, -0.05) is 36.8 Å². The summed E-state index contributed by atoms with van der Waals surface area (Å²) in [7, 11) is 0. The molecule has 11 amide bonds. The van der Waals surface area contributed by atoms with Crippen LogP contribution in [0.1, 0.15) is 115 Å². The van der Waals surface area contributed by atoms with E-state index in [1.165, 1.54) is 0 Å². The third-order valence-corrected chi connectivity index (χ3v) is 14.5. The summed E-state index contributed by atoms with van der Waals surface area (Å²) in [5.41, 5.74) is 2.12. The summed E-state index contributed by atoms with van der Waals surface area (Å²) in [6.07, 6.45) is 12.1. The summed E-state index contributed by atoms with van der Waals surface area (Å²) in [6.45, 7) is 1.19. The number of pyridine rings is 1. The molecule has 1 aliphatic heterocycles. The van der Waals surface area contributed by atoms with Crippen molar-refractivity contribution in [1.29, 1.82) is 5.26 Å². The number of nitriles is 1. The minimum Gasteiger partial charge on any atom is -0.494 e. The highest BCUT2D eigenvalue weighted by Crippen LogP contribution is 2.13. The summed E-state index contributed by atoms with van der Waals surface area (Å²) in [5, 5.41) is 56.2.